The van der Waals surface area contributed by atoms with E-state index in [1.165, 1.54) is 25.3 Å². The standard InChI is InChI=1S/C9H13NO/c1-2-9(11)10-6-7-4-3-5-8(7)10/h2,7-8H,1,3-6H2/t7-,8?/m0/s1. The zero-order chi connectivity index (χ0) is 7.84. The fourth-order valence-corrected chi connectivity index (χ4v) is 2.26. The lowest BCUT2D eigenvalue weighted by Gasteiger charge is -2.44. The molecule has 60 valence electrons. The van der Waals surface area contributed by atoms with E-state index >= 15 is 0 Å². The molecule has 0 N–H and O–H groups in total. The highest BCUT2D eigenvalue weighted by Crippen LogP contribution is 2.38. The molecule has 2 heteroatoms. The van der Waals surface area contributed by atoms with E-state index in [1.807, 2.05) is 4.90 Å². The Morgan fingerprint density at radius 1 is 1.55 bits per heavy atom. The van der Waals surface area contributed by atoms with E-state index in [4.69, 9.17) is 0 Å². The largest absolute Gasteiger partial charge is 0.335 e. The summed E-state index contributed by atoms with van der Waals surface area (Å²) in [5.74, 6) is 0.937. The summed E-state index contributed by atoms with van der Waals surface area (Å²) in [6.45, 7) is 4.47. The van der Waals surface area contributed by atoms with Crippen molar-refractivity contribution in [1.29, 1.82) is 0 Å². The van der Waals surface area contributed by atoms with Crippen LogP contribution in [0.1, 0.15) is 19.3 Å². The number of hydrogen-bond acceptors (Lipinski definition) is 1. The van der Waals surface area contributed by atoms with Crippen LogP contribution in [0.15, 0.2) is 12.7 Å². The Hall–Kier alpha value is -0.790. The number of nitrogens with zero attached hydrogens (tertiary/aromatic N) is 1. The second kappa shape index (κ2) is 2.36. The summed E-state index contributed by atoms with van der Waals surface area (Å²) in [5.41, 5.74) is 0. The van der Waals surface area contributed by atoms with Gasteiger partial charge in [0, 0.05) is 12.6 Å². The van der Waals surface area contributed by atoms with Crippen molar-refractivity contribution >= 4 is 5.91 Å². The normalized spacial score (nSPS) is 34.4. The molecule has 1 saturated heterocycles. The Bertz CT molecular complexity index is 200. The van der Waals surface area contributed by atoms with Gasteiger partial charge in [-0.3, -0.25) is 4.79 Å². The van der Waals surface area contributed by atoms with Gasteiger partial charge in [0.05, 0.1) is 0 Å². The zero-order valence-corrected chi connectivity index (χ0v) is 6.62. The monoisotopic (exact) mass is 151 g/mol. The molecule has 0 bridgehead atoms. The van der Waals surface area contributed by atoms with E-state index in [2.05, 4.69) is 6.58 Å². The number of fused-ring (bicyclic) bond motifs is 1. The van der Waals surface area contributed by atoms with E-state index in [9.17, 15) is 4.79 Å². The van der Waals surface area contributed by atoms with Crippen LogP contribution in [0.4, 0.5) is 0 Å². The molecule has 1 unspecified atom stereocenters. The minimum absolute atomic E-state index is 0.119. The fraction of sp³-hybridized carbons (Fsp3) is 0.667. The van der Waals surface area contributed by atoms with Gasteiger partial charge in [-0.25, -0.2) is 0 Å². The van der Waals surface area contributed by atoms with Gasteiger partial charge in [0.2, 0.25) is 5.91 Å². The average Bonchev–Trinajstić information content (AvgIpc) is 2.32. The first-order chi connectivity index (χ1) is 5.33. The smallest absolute Gasteiger partial charge is 0.246 e. The summed E-state index contributed by atoms with van der Waals surface area (Å²) in [6.07, 6.45) is 5.26. The van der Waals surface area contributed by atoms with Gasteiger partial charge in [0.15, 0.2) is 0 Å². The SMILES string of the molecule is C=CC(=O)N1C[C@@H]2CCCC21. The van der Waals surface area contributed by atoms with Gasteiger partial charge < -0.3 is 4.90 Å². The minimum Gasteiger partial charge on any atom is -0.335 e. The molecule has 0 spiro atoms. The molecule has 2 nitrogen and oxygen atoms in total. The van der Waals surface area contributed by atoms with Crippen LogP contribution in [0.5, 0.6) is 0 Å². The van der Waals surface area contributed by atoms with Crippen LogP contribution >= 0.6 is 0 Å². The van der Waals surface area contributed by atoms with Crippen LogP contribution < -0.4 is 0 Å². The van der Waals surface area contributed by atoms with Crippen LogP contribution in [0.25, 0.3) is 0 Å². The highest BCUT2D eigenvalue weighted by molar-refractivity contribution is 5.88. The molecule has 0 radical (unpaired) electrons. The van der Waals surface area contributed by atoms with Crippen LogP contribution in [-0.4, -0.2) is 23.4 Å². The summed E-state index contributed by atoms with van der Waals surface area (Å²) < 4.78 is 0. The Morgan fingerprint density at radius 2 is 2.36 bits per heavy atom. The first-order valence-electron chi connectivity index (χ1n) is 4.26. The Balaban J connectivity index is 1.99. The molecule has 2 aliphatic rings. The molecule has 0 aromatic carbocycles. The van der Waals surface area contributed by atoms with Crippen molar-refractivity contribution in [3.05, 3.63) is 12.7 Å². The second-order valence-electron chi connectivity index (χ2n) is 3.45. The van der Waals surface area contributed by atoms with E-state index in [-0.39, 0.29) is 5.91 Å². The zero-order valence-electron chi connectivity index (χ0n) is 6.62. The summed E-state index contributed by atoms with van der Waals surface area (Å²) in [5, 5.41) is 0. The lowest BCUT2D eigenvalue weighted by atomic mass is 9.92. The van der Waals surface area contributed by atoms with E-state index in [0.717, 1.165) is 12.5 Å². The molecule has 2 atom stereocenters. The number of rotatable bonds is 1. The van der Waals surface area contributed by atoms with Crippen molar-refractivity contribution in [1.82, 2.24) is 4.90 Å². The van der Waals surface area contributed by atoms with E-state index in [0.29, 0.717) is 6.04 Å². The Kier molecular flexibility index (Phi) is 1.48. The molecule has 1 aliphatic carbocycles. The van der Waals surface area contributed by atoms with Gasteiger partial charge in [0.1, 0.15) is 0 Å². The summed E-state index contributed by atoms with van der Waals surface area (Å²) >= 11 is 0. The molecule has 2 rings (SSSR count). The van der Waals surface area contributed by atoms with Crippen molar-refractivity contribution in [2.45, 2.75) is 25.3 Å². The number of hydrogen-bond donors (Lipinski definition) is 0. The molecule has 2 fully saturated rings. The number of amides is 1. The third-order valence-corrected chi connectivity index (χ3v) is 2.91. The Morgan fingerprint density at radius 3 is 3.00 bits per heavy atom. The Labute approximate surface area is 66.9 Å². The highest BCUT2D eigenvalue weighted by atomic mass is 16.2. The third-order valence-electron chi connectivity index (χ3n) is 2.91. The molecule has 1 saturated carbocycles. The topological polar surface area (TPSA) is 20.3 Å². The van der Waals surface area contributed by atoms with Gasteiger partial charge >= 0.3 is 0 Å². The maximum absolute atomic E-state index is 11.1. The number of carbonyl (C=O) groups excluding carboxylic acids is 1. The number of carbonyl (C=O) groups is 1. The van der Waals surface area contributed by atoms with Crippen molar-refractivity contribution in [2.75, 3.05) is 6.54 Å². The third kappa shape index (κ3) is 0.889. The van der Waals surface area contributed by atoms with Crippen LogP contribution in [-0.2, 0) is 4.79 Å². The molecule has 1 amide bonds. The quantitative estimate of drug-likeness (QED) is 0.515. The van der Waals surface area contributed by atoms with Gasteiger partial charge in [-0.05, 0) is 24.8 Å². The fourth-order valence-electron chi connectivity index (χ4n) is 2.26. The summed E-state index contributed by atoms with van der Waals surface area (Å²) in [6, 6.07) is 0.570. The summed E-state index contributed by atoms with van der Waals surface area (Å²) in [7, 11) is 0. The van der Waals surface area contributed by atoms with E-state index in [1.54, 1.807) is 0 Å². The molecule has 11 heavy (non-hydrogen) atoms. The molecule has 1 heterocycles. The van der Waals surface area contributed by atoms with Crippen molar-refractivity contribution in [2.24, 2.45) is 5.92 Å². The lowest BCUT2D eigenvalue weighted by Crippen LogP contribution is -2.55. The van der Waals surface area contributed by atoms with Gasteiger partial charge in [-0.15, -0.1) is 0 Å². The predicted molar refractivity (Wildman–Crippen MR) is 43.0 cm³/mol. The van der Waals surface area contributed by atoms with Crippen molar-refractivity contribution in [3.8, 4) is 0 Å². The van der Waals surface area contributed by atoms with Crippen molar-refractivity contribution < 1.29 is 4.79 Å². The predicted octanol–water partition coefficient (Wildman–Crippen LogP) is 1.18. The molecule has 0 aromatic heterocycles. The number of likely N-dealkylation sites (tertiary alicyclic amines) is 1. The van der Waals surface area contributed by atoms with Crippen LogP contribution in [0, 0.1) is 5.92 Å². The first kappa shape index (κ1) is 6.89. The van der Waals surface area contributed by atoms with Crippen molar-refractivity contribution in [3.63, 3.8) is 0 Å². The van der Waals surface area contributed by atoms with Gasteiger partial charge in [-0.1, -0.05) is 13.0 Å². The molecule has 0 aromatic rings. The minimum atomic E-state index is 0.119. The highest BCUT2D eigenvalue weighted by Gasteiger charge is 2.43. The van der Waals surface area contributed by atoms with Gasteiger partial charge in [0.25, 0.3) is 0 Å². The molecule has 1 aliphatic heterocycles. The van der Waals surface area contributed by atoms with Gasteiger partial charge in [-0.2, -0.15) is 0 Å². The molecular weight excluding hydrogens is 138 g/mol. The van der Waals surface area contributed by atoms with E-state index < -0.39 is 0 Å². The summed E-state index contributed by atoms with van der Waals surface area (Å²) in [4.78, 5) is 13.1. The maximum Gasteiger partial charge on any atom is 0.246 e. The first-order valence-corrected chi connectivity index (χ1v) is 4.26. The second-order valence-corrected chi connectivity index (χ2v) is 3.45. The van der Waals surface area contributed by atoms with Crippen LogP contribution in [0.3, 0.4) is 0 Å². The maximum atomic E-state index is 11.1. The lowest BCUT2D eigenvalue weighted by molar-refractivity contribution is -0.136. The molecular formula is C9H13NO. The van der Waals surface area contributed by atoms with Crippen LogP contribution in [0.2, 0.25) is 0 Å². The average molecular weight is 151 g/mol.